The zero-order valence-electron chi connectivity index (χ0n) is 10.6. The Morgan fingerprint density at radius 1 is 1.62 bits per heavy atom. The van der Waals surface area contributed by atoms with Gasteiger partial charge in [0.1, 0.15) is 0 Å². The maximum Gasteiger partial charge on any atom is 0.203 e. The van der Waals surface area contributed by atoms with E-state index in [1.165, 1.54) is 6.42 Å². The summed E-state index contributed by atoms with van der Waals surface area (Å²) in [7, 11) is 1.72. The van der Waals surface area contributed by atoms with E-state index in [9.17, 15) is 0 Å². The Bertz CT molecular complexity index is 370. The fourth-order valence-electron chi connectivity index (χ4n) is 1.89. The molecule has 1 saturated carbocycles. The molecule has 1 atom stereocenters. The number of nitrogens with zero attached hydrogens (tertiary/aromatic N) is 2. The first-order valence-electron chi connectivity index (χ1n) is 5.82. The van der Waals surface area contributed by atoms with E-state index in [2.05, 4.69) is 34.9 Å². The Morgan fingerprint density at radius 3 is 2.88 bits per heavy atom. The van der Waals surface area contributed by atoms with Gasteiger partial charge in [0.15, 0.2) is 0 Å². The van der Waals surface area contributed by atoms with Crippen LogP contribution in [-0.2, 0) is 11.3 Å². The Kier molecular flexibility index (Phi) is 2.93. The van der Waals surface area contributed by atoms with E-state index in [1.807, 2.05) is 6.92 Å². The van der Waals surface area contributed by atoms with Gasteiger partial charge in [0.05, 0.1) is 12.3 Å². The summed E-state index contributed by atoms with van der Waals surface area (Å²) in [4.78, 5) is 4.51. The molecular weight excluding hydrogens is 202 g/mol. The van der Waals surface area contributed by atoms with Crippen LogP contribution in [0.4, 0.5) is 5.95 Å². The molecule has 0 amide bonds. The second-order valence-corrected chi connectivity index (χ2v) is 5.28. The van der Waals surface area contributed by atoms with Crippen LogP contribution in [0.25, 0.3) is 0 Å². The molecule has 16 heavy (non-hydrogen) atoms. The van der Waals surface area contributed by atoms with Crippen LogP contribution in [-0.4, -0.2) is 29.3 Å². The van der Waals surface area contributed by atoms with Crippen LogP contribution in [0, 0.1) is 12.3 Å². The summed E-state index contributed by atoms with van der Waals surface area (Å²) in [5, 5.41) is 3.50. The van der Waals surface area contributed by atoms with Crippen LogP contribution in [0.15, 0.2) is 6.20 Å². The second-order valence-electron chi connectivity index (χ2n) is 5.28. The molecule has 4 nitrogen and oxygen atoms in total. The van der Waals surface area contributed by atoms with Crippen molar-refractivity contribution in [1.29, 1.82) is 0 Å². The number of aryl methyl sites for hydroxylation is 1. The molecule has 1 aromatic rings. The highest BCUT2D eigenvalue weighted by Gasteiger charge is 2.46. The van der Waals surface area contributed by atoms with Crippen LogP contribution in [0.3, 0.4) is 0 Å². The molecule has 0 aliphatic heterocycles. The molecule has 1 heterocycles. The molecule has 1 unspecified atom stereocenters. The third kappa shape index (κ3) is 2.38. The largest absolute Gasteiger partial charge is 0.383 e. The first-order chi connectivity index (χ1) is 7.53. The lowest BCUT2D eigenvalue weighted by Gasteiger charge is -2.10. The van der Waals surface area contributed by atoms with E-state index >= 15 is 0 Å². The quantitative estimate of drug-likeness (QED) is 0.830. The number of rotatable bonds is 5. The zero-order valence-corrected chi connectivity index (χ0v) is 10.6. The Hall–Kier alpha value is -1.03. The van der Waals surface area contributed by atoms with Crippen LogP contribution < -0.4 is 5.32 Å². The molecule has 1 N–H and O–H groups in total. The van der Waals surface area contributed by atoms with Gasteiger partial charge in [-0.2, -0.15) is 0 Å². The minimum absolute atomic E-state index is 0.423. The number of anilines is 1. The summed E-state index contributed by atoms with van der Waals surface area (Å²) < 4.78 is 7.23. The topological polar surface area (TPSA) is 39.1 Å². The fraction of sp³-hybridized carbons (Fsp3) is 0.750. The van der Waals surface area contributed by atoms with E-state index in [0.29, 0.717) is 11.5 Å². The van der Waals surface area contributed by atoms with Crippen molar-refractivity contribution in [2.75, 3.05) is 19.0 Å². The molecule has 1 fully saturated rings. The van der Waals surface area contributed by atoms with Crippen LogP contribution in [0.2, 0.25) is 0 Å². The number of methoxy groups -OCH3 is 1. The molecule has 4 heteroatoms. The first-order valence-corrected chi connectivity index (χ1v) is 5.82. The maximum atomic E-state index is 5.10. The number of aromatic nitrogens is 2. The summed E-state index contributed by atoms with van der Waals surface area (Å²) in [6.07, 6.45) is 3.29. The summed E-state index contributed by atoms with van der Waals surface area (Å²) in [5.74, 6) is 0.977. The van der Waals surface area contributed by atoms with Gasteiger partial charge >= 0.3 is 0 Å². The summed E-state index contributed by atoms with van der Waals surface area (Å²) in [6, 6.07) is 0.565. The van der Waals surface area contributed by atoms with Crippen molar-refractivity contribution >= 4 is 5.95 Å². The Labute approximate surface area is 97.0 Å². The van der Waals surface area contributed by atoms with Gasteiger partial charge < -0.3 is 14.6 Å². The van der Waals surface area contributed by atoms with Gasteiger partial charge in [-0.15, -0.1) is 0 Å². The van der Waals surface area contributed by atoms with Crippen LogP contribution in [0.1, 0.15) is 26.0 Å². The number of imidazole rings is 1. The lowest BCUT2D eigenvalue weighted by atomic mass is 10.2. The zero-order chi connectivity index (χ0) is 11.8. The predicted octanol–water partition coefficient (Wildman–Crippen LogP) is 2.05. The third-order valence-electron chi connectivity index (χ3n) is 3.25. The van der Waals surface area contributed by atoms with Crippen molar-refractivity contribution < 1.29 is 4.74 Å². The molecule has 0 saturated heterocycles. The fourth-order valence-corrected chi connectivity index (χ4v) is 1.89. The van der Waals surface area contributed by atoms with E-state index in [4.69, 9.17) is 4.74 Å². The average molecular weight is 223 g/mol. The van der Waals surface area contributed by atoms with Gasteiger partial charge in [-0.25, -0.2) is 4.98 Å². The maximum absolute atomic E-state index is 5.10. The molecular formula is C12H21N3O. The van der Waals surface area contributed by atoms with E-state index in [1.54, 1.807) is 7.11 Å². The SMILES string of the molecule is COCCn1cc(C)nc1NC1CC1(C)C. The molecule has 0 bridgehead atoms. The molecule has 0 spiro atoms. The minimum atomic E-state index is 0.423. The number of nitrogens with one attached hydrogen (secondary N) is 1. The van der Waals surface area contributed by atoms with Gasteiger partial charge in [-0.3, -0.25) is 0 Å². The second kappa shape index (κ2) is 4.09. The van der Waals surface area contributed by atoms with E-state index < -0.39 is 0 Å². The standard InChI is InChI=1S/C12H21N3O/c1-9-8-15(5-6-16-4)11(13-9)14-10-7-12(10,2)3/h8,10H,5-7H2,1-4H3,(H,13,14). The smallest absolute Gasteiger partial charge is 0.203 e. The van der Waals surface area contributed by atoms with E-state index in [-0.39, 0.29) is 0 Å². The molecule has 1 aliphatic carbocycles. The van der Waals surface area contributed by atoms with Gasteiger partial charge in [-0.05, 0) is 18.8 Å². The third-order valence-corrected chi connectivity index (χ3v) is 3.25. The van der Waals surface area contributed by atoms with Crippen molar-refractivity contribution in [3.63, 3.8) is 0 Å². The molecule has 2 rings (SSSR count). The molecule has 0 radical (unpaired) electrons. The van der Waals surface area contributed by atoms with Gasteiger partial charge in [0, 0.05) is 25.9 Å². The first kappa shape index (κ1) is 11.5. The average Bonchev–Trinajstić information content (AvgIpc) is 2.64. The van der Waals surface area contributed by atoms with Gasteiger partial charge in [0.25, 0.3) is 0 Å². The number of hydrogen-bond acceptors (Lipinski definition) is 3. The number of ether oxygens (including phenoxy) is 1. The molecule has 1 aromatic heterocycles. The van der Waals surface area contributed by atoms with Crippen LogP contribution >= 0.6 is 0 Å². The highest BCUT2D eigenvalue weighted by Crippen LogP contribution is 2.46. The van der Waals surface area contributed by atoms with Gasteiger partial charge in [-0.1, -0.05) is 13.8 Å². The Morgan fingerprint density at radius 2 is 2.31 bits per heavy atom. The summed E-state index contributed by atoms with van der Waals surface area (Å²) in [6.45, 7) is 8.15. The molecule has 90 valence electrons. The Balaban J connectivity index is 2.02. The summed E-state index contributed by atoms with van der Waals surface area (Å²) in [5.41, 5.74) is 1.48. The lowest BCUT2D eigenvalue weighted by molar-refractivity contribution is 0.187. The minimum Gasteiger partial charge on any atom is -0.383 e. The highest BCUT2D eigenvalue weighted by molar-refractivity contribution is 5.34. The van der Waals surface area contributed by atoms with Crippen molar-refractivity contribution in [3.05, 3.63) is 11.9 Å². The monoisotopic (exact) mass is 223 g/mol. The summed E-state index contributed by atoms with van der Waals surface area (Å²) >= 11 is 0. The number of hydrogen-bond donors (Lipinski definition) is 1. The normalized spacial score (nSPS) is 22.1. The molecule has 0 aromatic carbocycles. The van der Waals surface area contributed by atoms with Crippen molar-refractivity contribution in [2.24, 2.45) is 5.41 Å². The van der Waals surface area contributed by atoms with Crippen molar-refractivity contribution in [3.8, 4) is 0 Å². The van der Waals surface area contributed by atoms with Crippen LogP contribution in [0.5, 0.6) is 0 Å². The van der Waals surface area contributed by atoms with Crippen molar-refractivity contribution in [2.45, 2.75) is 39.8 Å². The van der Waals surface area contributed by atoms with E-state index in [0.717, 1.165) is 24.8 Å². The lowest BCUT2D eigenvalue weighted by Crippen LogP contribution is -2.14. The highest BCUT2D eigenvalue weighted by atomic mass is 16.5. The van der Waals surface area contributed by atoms with Gasteiger partial charge in [0.2, 0.25) is 5.95 Å². The molecule has 1 aliphatic rings. The van der Waals surface area contributed by atoms with Crippen molar-refractivity contribution in [1.82, 2.24) is 9.55 Å². The predicted molar refractivity (Wildman–Crippen MR) is 64.6 cm³/mol.